The number of nitrogens with two attached hydrogens (primary N) is 1. The van der Waals surface area contributed by atoms with Crippen molar-refractivity contribution < 1.29 is 5.21 Å². The summed E-state index contributed by atoms with van der Waals surface area (Å²) < 4.78 is 0. The quantitative estimate of drug-likeness (QED) is 0.371. The number of hydrogen-bond acceptors (Lipinski definition) is 3. The highest BCUT2D eigenvalue weighted by molar-refractivity contribution is 6.02. The molecule has 0 heterocycles. The van der Waals surface area contributed by atoms with E-state index in [-0.39, 0.29) is 5.84 Å². The molecule has 4 heteroatoms. The number of anilines is 1. The zero-order chi connectivity index (χ0) is 14.0. The van der Waals surface area contributed by atoms with E-state index >= 15 is 0 Å². The standard InChI is InChI=1S/C15H23N3O/c1-10(2)18(9-12-5-6-12)14-7-4-11(3)8-13(14)15(16)17-19/h4,7-8,10,12,19H,5-6,9H2,1-3H3,(H2,16,17). The van der Waals surface area contributed by atoms with E-state index in [4.69, 9.17) is 10.9 Å². The van der Waals surface area contributed by atoms with Crippen LogP contribution in [0.2, 0.25) is 0 Å². The van der Waals surface area contributed by atoms with Gasteiger partial charge < -0.3 is 15.8 Å². The number of amidine groups is 1. The molecule has 0 spiro atoms. The third-order valence-electron chi connectivity index (χ3n) is 3.62. The molecule has 4 nitrogen and oxygen atoms in total. The summed E-state index contributed by atoms with van der Waals surface area (Å²) in [6.07, 6.45) is 2.63. The molecule has 1 fully saturated rings. The van der Waals surface area contributed by atoms with Gasteiger partial charge in [0, 0.05) is 23.8 Å². The van der Waals surface area contributed by atoms with Gasteiger partial charge in [-0.05, 0) is 51.7 Å². The molecule has 2 rings (SSSR count). The smallest absolute Gasteiger partial charge is 0.172 e. The number of benzene rings is 1. The molecule has 0 unspecified atom stereocenters. The molecule has 1 aliphatic carbocycles. The third-order valence-corrected chi connectivity index (χ3v) is 3.62. The van der Waals surface area contributed by atoms with Crippen molar-refractivity contribution in [1.29, 1.82) is 0 Å². The lowest BCUT2D eigenvalue weighted by atomic mass is 10.1. The lowest BCUT2D eigenvalue weighted by Crippen LogP contribution is -2.34. The minimum Gasteiger partial charge on any atom is -0.409 e. The normalized spacial score (nSPS) is 15.9. The van der Waals surface area contributed by atoms with Gasteiger partial charge in [0.25, 0.3) is 0 Å². The van der Waals surface area contributed by atoms with Crippen molar-refractivity contribution in [3.05, 3.63) is 29.3 Å². The minimum absolute atomic E-state index is 0.181. The van der Waals surface area contributed by atoms with E-state index in [0.29, 0.717) is 6.04 Å². The van der Waals surface area contributed by atoms with Gasteiger partial charge in [0.1, 0.15) is 0 Å². The zero-order valence-corrected chi connectivity index (χ0v) is 11.9. The molecule has 0 saturated heterocycles. The number of nitrogens with zero attached hydrogens (tertiary/aromatic N) is 2. The summed E-state index contributed by atoms with van der Waals surface area (Å²) >= 11 is 0. The van der Waals surface area contributed by atoms with Gasteiger partial charge in [-0.2, -0.15) is 0 Å². The SMILES string of the molecule is Cc1ccc(N(CC2CC2)C(C)C)c(/C(N)=N/O)c1. The predicted octanol–water partition coefficient (Wildman–Crippen LogP) is 2.71. The average molecular weight is 261 g/mol. The van der Waals surface area contributed by atoms with Crippen molar-refractivity contribution in [3.63, 3.8) is 0 Å². The molecule has 1 aromatic carbocycles. The summed E-state index contributed by atoms with van der Waals surface area (Å²) in [6, 6.07) is 6.53. The number of rotatable bonds is 5. The third kappa shape index (κ3) is 3.19. The number of hydrogen-bond donors (Lipinski definition) is 2. The van der Waals surface area contributed by atoms with E-state index in [2.05, 4.69) is 36.0 Å². The molecule has 3 N–H and O–H groups in total. The monoisotopic (exact) mass is 261 g/mol. The first-order valence-corrected chi connectivity index (χ1v) is 6.88. The predicted molar refractivity (Wildman–Crippen MR) is 78.9 cm³/mol. The first-order chi connectivity index (χ1) is 9.02. The highest BCUT2D eigenvalue weighted by atomic mass is 16.4. The molecule has 19 heavy (non-hydrogen) atoms. The second-order valence-corrected chi connectivity index (χ2v) is 5.70. The molecule has 104 valence electrons. The molecule has 0 aromatic heterocycles. The van der Waals surface area contributed by atoms with E-state index in [9.17, 15) is 0 Å². The van der Waals surface area contributed by atoms with Gasteiger partial charge in [-0.15, -0.1) is 0 Å². The molecule has 0 radical (unpaired) electrons. The number of aryl methyl sites for hydroxylation is 1. The maximum Gasteiger partial charge on any atom is 0.172 e. The van der Waals surface area contributed by atoms with Crippen LogP contribution >= 0.6 is 0 Å². The zero-order valence-electron chi connectivity index (χ0n) is 11.9. The van der Waals surface area contributed by atoms with Gasteiger partial charge in [-0.25, -0.2) is 0 Å². The Morgan fingerprint density at radius 1 is 1.47 bits per heavy atom. The van der Waals surface area contributed by atoms with Crippen LogP contribution in [0.15, 0.2) is 23.4 Å². The summed E-state index contributed by atoms with van der Waals surface area (Å²) in [7, 11) is 0. The Morgan fingerprint density at radius 3 is 2.68 bits per heavy atom. The maximum atomic E-state index is 8.96. The van der Waals surface area contributed by atoms with Crippen molar-refractivity contribution in [2.75, 3.05) is 11.4 Å². The van der Waals surface area contributed by atoms with E-state index < -0.39 is 0 Å². The minimum atomic E-state index is 0.181. The van der Waals surface area contributed by atoms with Gasteiger partial charge in [-0.1, -0.05) is 16.8 Å². The van der Waals surface area contributed by atoms with Crippen LogP contribution < -0.4 is 10.6 Å². The molecule has 0 bridgehead atoms. The molecule has 1 aromatic rings. The van der Waals surface area contributed by atoms with Gasteiger partial charge in [0.2, 0.25) is 0 Å². The van der Waals surface area contributed by atoms with Crippen molar-refractivity contribution in [1.82, 2.24) is 0 Å². The highest BCUT2D eigenvalue weighted by Crippen LogP contribution is 2.33. The topological polar surface area (TPSA) is 61.8 Å². The van der Waals surface area contributed by atoms with Crippen LogP contribution in [0, 0.1) is 12.8 Å². The first-order valence-electron chi connectivity index (χ1n) is 6.88. The Morgan fingerprint density at radius 2 is 2.16 bits per heavy atom. The van der Waals surface area contributed by atoms with Crippen LogP contribution in [0.3, 0.4) is 0 Å². The second-order valence-electron chi connectivity index (χ2n) is 5.70. The lowest BCUT2D eigenvalue weighted by Gasteiger charge is -2.31. The van der Waals surface area contributed by atoms with Crippen molar-refractivity contribution in [3.8, 4) is 0 Å². The van der Waals surface area contributed by atoms with Crippen LogP contribution in [0.5, 0.6) is 0 Å². The highest BCUT2D eigenvalue weighted by Gasteiger charge is 2.27. The Labute approximate surface area is 114 Å². The summed E-state index contributed by atoms with van der Waals surface area (Å²) in [5, 5.41) is 12.1. The van der Waals surface area contributed by atoms with Crippen molar-refractivity contribution >= 4 is 11.5 Å². The van der Waals surface area contributed by atoms with Crippen molar-refractivity contribution in [2.45, 2.75) is 39.7 Å². The average Bonchev–Trinajstić information content (AvgIpc) is 3.19. The Kier molecular flexibility index (Phi) is 3.98. The summed E-state index contributed by atoms with van der Waals surface area (Å²) in [5.74, 6) is 0.976. The molecule has 1 aliphatic rings. The summed E-state index contributed by atoms with van der Waals surface area (Å²) in [6.45, 7) is 7.42. The molecule has 0 amide bonds. The number of oxime groups is 1. The van der Waals surface area contributed by atoms with Crippen LogP contribution in [-0.2, 0) is 0 Å². The van der Waals surface area contributed by atoms with Crippen LogP contribution in [0.25, 0.3) is 0 Å². The van der Waals surface area contributed by atoms with Crippen LogP contribution in [0.1, 0.15) is 37.8 Å². The Balaban J connectivity index is 2.39. The summed E-state index contributed by atoms with van der Waals surface area (Å²) in [5.41, 5.74) is 8.81. The summed E-state index contributed by atoms with van der Waals surface area (Å²) in [4.78, 5) is 2.35. The Hall–Kier alpha value is -1.71. The fraction of sp³-hybridized carbons (Fsp3) is 0.533. The fourth-order valence-corrected chi connectivity index (χ4v) is 2.33. The van der Waals surface area contributed by atoms with E-state index in [1.165, 1.54) is 12.8 Å². The molecular formula is C15H23N3O. The molecular weight excluding hydrogens is 238 g/mol. The lowest BCUT2D eigenvalue weighted by molar-refractivity contribution is 0.318. The van der Waals surface area contributed by atoms with E-state index in [0.717, 1.165) is 29.3 Å². The molecule has 1 saturated carbocycles. The maximum absolute atomic E-state index is 8.96. The van der Waals surface area contributed by atoms with Gasteiger partial charge in [0.05, 0.1) is 0 Å². The largest absolute Gasteiger partial charge is 0.409 e. The fourth-order valence-electron chi connectivity index (χ4n) is 2.33. The van der Waals surface area contributed by atoms with Gasteiger partial charge in [-0.3, -0.25) is 0 Å². The van der Waals surface area contributed by atoms with Crippen LogP contribution in [0.4, 0.5) is 5.69 Å². The molecule has 0 atom stereocenters. The van der Waals surface area contributed by atoms with Gasteiger partial charge >= 0.3 is 0 Å². The van der Waals surface area contributed by atoms with E-state index in [1.807, 2.05) is 13.0 Å². The second kappa shape index (κ2) is 5.51. The first kappa shape index (κ1) is 13.7. The Bertz CT molecular complexity index is 478. The molecule has 0 aliphatic heterocycles. The van der Waals surface area contributed by atoms with Gasteiger partial charge in [0.15, 0.2) is 5.84 Å². The van der Waals surface area contributed by atoms with Crippen molar-refractivity contribution in [2.24, 2.45) is 16.8 Å². The van der Waals surface area contributed by atoms with Crippen LogP contribution in [-0.4, -0.2) is 23.6 Å². The van der Waals surface area contributed by atoms with E-state index in [1.54, 1.807) is 0 Å².